The zero-order valence-electron chi connectivity index (χ0n) is 5.13. The minimum atomic E-state index is -0.190. The Morgan fingerprint density at radius 3 is 2.70 bits per heavy atom. The molecule has 0 aromatic carbocycles. The Bertz CT molecular complexity index is 305. The summed E-state index contributed by atoms with van der Waals surface area (Å²) in [5.41, 5.74) is 5.56. The lowest BCUT2D eigenvalue weighted by atomic mass is 10.3. The number of nitrogens with one attached hydrogen (secondary N) is 1. The summed E-state index contributed by atoms with van der Waals surface area (Å²) in [5.74, 6) is 0. The third kappa shape index (κ3) is 1.41. The highest BCUT2D eigenvalue weighted by Crippen LogP contribution is 1.87. The Balaban J connectivity index is 3.20. The van der Waals surface area contributed by atoms with Crippen LogP contribution in [0.2, 0.25) is 0 Å². The fourth-order valence-electron chi connectivity index (χ4n) is 0.592. The Hall–Kier alpha value is -1.16. The number of pyridine rings is 1. The van der Waals surface area contributed by atoms with Gasteiger partial charge in [0.15, 0.2) is 0 Å². The minimum absolute atomic E-state index is 0.190. The van der Waals surface area contributed by atoms with Crippen LogP contribution >= 0.6 is 12.2 Å². The second kappa shape index (κ2) is 2.62. The number of thiocarbonyl (C=S) groups is 1. The summed E-state index contributed by atoms with van der Waals surface area (Å²) in [7, 11) is 0. The average Bonchev–Trinajstić information content (AvgIpc) is 1.88. The summed E-state index contributed by atoms with van der Waals surface area (Å²) in [6.07, 6.45) is 0. The maximum Gasteiger partial charge on any atom is 0.248 e. The quantitative estimate of drug-likeness (QED) is 0.560. The van der Waals surface area contributed by atoms with Gasteiger partial charge in [-0.05, 0) is 6.07 Å². The summed E-state index contributed by atoms with van der Waals surface area (Å²) < 4.78 is 0. The Kier molecular flexibility index (Phi) is 1.82. The second-order valence-corrected chi connectivity index (χ2v) is 2.23. The van der Waals surface area contributed by atoms with Gasteiger partial charge in [0.1, 0.15) is 4.99 Å². The van der Waals surface area contributed by atoms with Crippen molar-refractivity contribution >= 4 is 17.2 Å². The maximum absolute atomic E-state index is 10.6. The van der Waals surface area contributed by atoms with Crippen molar-refractivity contribution in [1.29, 1.82) is 0 Å². The average molecular weight is 154 g/mol. The Morgan fingerprint density at radius 1 is 1.60 bits per heavy atom. The zero-order valence-corrected chi connectivity index (χ0v) is 5.94. The van der Waals surface area contributed by atoms with E-state index in [1.54, 1.807) is 12.1 Å². The molecule has 0 atom stereocenters. The molecule has 4 heteroatoms. The summed E-state index contributed by atoms with van der Waals surface area (Å²) in [4.78, 5) is 13.3. The molecule has 0 saturated heterocycles. The topological polar surface area (TPSA) is 58.9 Å². The van der Waals surface area contributed by atoms with Crippen LogP contribution in [0.3, 0.4) is 0 Å². The van der Waals surface area contributed by atoms with E-state index in [0.29, 0.717) is 5.69 Å². The third-order valence-electron chi connectivity index (χ3n) is 1.03. The molecule has 0 bridgehead atoms. The van der Waals surface area contributed by atoms with E-state index in [0.717, 1.165) is 0 Å². The van der Waals surface area contributed by atoms with E-state index < -0.39 is 0 Å². The molecule has 0 amide bonds. The normalized spacial score (nSPS) is 9.20. The predicted octanol–water partition coefficient (Wildman–Crippen LogP) is 0.00910. The van der Waals surface area contributed by atoms with Gasteiger partial charge in [-0.15, -0.1) is 0 Å². The van der Waals surface area contributed by atoms with Crippen molar-refractivity contribution in [3.8, 4) is 0 Å². The smallest absolute Gasteiger partial charge is 0.248 e. The van der Waals surface area contributed by atoms with Gasteiger partial charge >= 0.3 is 0 Å². The molecule has 0 aliphatic rings. The van der Waals surface area contributed by atoms with Gasteiger partial charge in [-0.1, -0.05) is 18.3 Å². The Morgan fingerprint density at radius 2 is 2.30 bits per heavy atom. The molecule has 0 spiro atoms. The van der Waals surface area contributed by atoms with Crippen molar-refractivity contribution in [2.24, 2.45) is 5.73 Å². The minimum Gasteiger partial charge on any atom is -0.388 e. The van der Waals surface area contributed by atoms with Crippen molar-refractivity contribution in [3.05, 3.63) is 34.2 Å². The molecule has 0 saturated carbocycles. The van der Waals surface area contributed by atoms with Crippen LogP contribution in [0.1, 0.15) is 5.69 Å². The van der Waals surface area contributed by atoms with Gasteiger partial charge in [-0.25, -0.2) is 0 Å². The standard InChI is InChI=1S/C6H6N2OS/c7-6(10)4-2-1-3-5(9)8-4/h1-3H,(H2,7,10)(H,8,9). The molecule has 1 heterocycles. The van der Waals surface area contributed by atoms with Gasteiger partial charge < -0.3 is 10.7 Å². The van der Waals surface area contributed by atoms with Crippen molar-refractivity contribution in [2.75, 3.05) is 0 Å². The van der Waals surface area contributed by atoms with E-state index in [9.17, 15) is 4.79 Å². The van der Waals surface area contributed by atoms with Crippen molar-refractivity contribution in [3.63, 3.8) is 0 Å². The highest BCUT2D eigenvalue weighted by molar-refractivity contribution is 7.80. The number of H-pyrrole nitrogens is 1. The first-order valence-corrected chi connectivity index (χ1v) is 3.10. The van der Waals surface area contributed by atoms with Gasteiger partial charge in [-0.3, -0.25) is 4.79 Å². The van der Waals surface area contributed by atoms with E-state index in [2.05, 4.69) is 17.2 Å². The van der Waals surface area contributed by atoms with Gasteiger partial charge in [0.25, 0.3) is 0 Å². The maximum atomic E-state index is 10.6. The van der Waals surface area contributed by atoms with E-state index in [1.807, 2.05) is 0 Å². The van der Waals surface area contributed by atoms with Crippen LogP contribution in [0.4, 0.5) is 0 Å². The molecular weight excluding hydrogens is 148 g/mol. The first-order chi connectivity index (χ1) is 4.70. The van der Waals surface area contributed by atoms with Crippen LogP contribution in [-0.2, 0) is 0 Å². The summed E-state index contributed by atoms with van der Waals surface area (Å²) in [5, 5.41) is 0. The van der Waals surface area contributed by atoms with E-state index >= 15 is 0 Å². The molecule has 1 aromatic heterocycles. The Labute approximate surface area is 62.9 Å². The van der Waals surface area contributed by atoms with E-state index in [-0.39, 0.29) is 10.5 Å². The highest BCUT2D eigenvalue weighted by Gasteiger charge is 1.92. The zero-order chi connectivity index (χ0) is 7.56. The van der Waals surface area contributed by atoms with E-state index in [1.165, 1.54) is 6.07 Å². The molecular formula is C6H6N2OS. The van der Waals surface area contributed by atoms with Crippen LogP contribution in [0.5, 0.6) is 0 Å². The number of aromatic amines is 1. The lowest BCUT2D eigenvalue weighted by molar-refractivity contribution is 1.21. The van der Waals surface area contributed by atoms with Gasteiger partial charge in [0.2, 0.25) is 5.56 Å². The number of hydrogen-bond donors (Lipinski definition) is 2. The molecule has 0 aliphatic heterocycles. The van der Waals surface area contributed by atoms with Gasteiger partial charge in [0, 0.05) is 6.07 Å². The lowest BCUT2D eigenvalue weighted by Crippen LogP contribution is -2.16. The van der Waals surface area contributed by atoms with E-state index in [4.69, 9.17) is 5.73 Å². The first-order valence-electron chi connectivity index (χ1n) is 2.69. The molecule has 10 heavy (non-hydrogen) atoms. The summed E-state index contributed by atoms with van der Waals surface area (Å²) >= 11 is 4.63. The van der Waals surface area contributed by atoms with Crippen LogP contribution < -0.4 is 11.3 Å². The molecule has 0 radical (unpaired) electrons. The fraction of sp³-hybridized carbons (Fsp3) is 0. The van der Waals surface area contributed by atoms with Gasteiger partial charge in [-0.2, -0.15) is 0 Å². The molecule has 0 unspecified atom stereocenters. The lowest BCUT2D eigenvalue weighted by Gasteiger charge is -1.93. The molecule has 3 nitrogen and oxygen atoms in total. The van der Waals surface area contributed by atoms with Crippen LogP contribution in [0.25, 0.3) is 0 Å². The number of nitrogens with two attached hydrogens (primary N) is 1. The largest absolute Gasteiger partial charge is 0.388 e. The number of rotatable bonds is 1. The third-order valence-corrected chi connectivity index (χ3v) is 1.25. The predicted molar refractivity (Wildman–Crippen MR) is 43.0 cm³/mol. The van der Waals surface area contributed by atoms with Crippen molar-refractivity contribution in [1.82, 2.24) is 4.98 Å². The summed E-state index contributed by atoms with van der Waals surface area (Å²) in [6.45, 7) is 0. The van der Waals surface area contributed by atoms with Crippen molar-refractivity contribution in [2.45, 2.75) is 0 Å². The number of hydrogen-bond acceptors (Lipinski definition) is 2. The summed E-state index contributed by atoms with van der Waals surface area (Å²) in [6, 6.07) is 4.67. The fourth-order valence-corrected chi connectivity index (χ4v) is 0.711. The monoisotopic (exact) mass is 154 g/mol. The second-order valence-electron chi connectivity index (χ2n) is 1.79. The molecule has 1 aromatic rings. The van der Waals surface area contributed by atoms with Gasteiger partial charge in [0.05, 0.1) is 5.69 Å². The van der Waals surface area contributed by atoms with Crippen LogP contribution in [0, 0.1) is 0 Å². The molecule has 3 N–H and O–H groups in total. The van der Waals surface area contributed by atoms with Crippen LogP contribution in [-0.4, -0.2) is 9.97 Å². The molecule has 1 rings (SSSR count). The number of aromatic nitrogens is 1. The molecule has 0 fully saturated rings. The molecule has 52 valence electrons. The SMILES string of the molecule is NC(=S)c1cccc(=O)[nH]1. The first kappa shape index (κ1) is 6.95. The van der Waals surface area contributed by atoms with Crippen molar-refractivity contribution < 1.29 is 0 Å². The van der Waals surface area contributed by atoms with Crippen LogP contribution in [0.15, 0.2) is 23.0 Å². The molecule has 0 aliphatic carbocycles. The highest BCUT2D eigenvalue weighted by atomic mass is 32.1.